The number of nitrogens with zero attached hydrogens (tertiary/aromatic N) is 5. The Balaban J connectivity index is 0.00000306. The highest BCUT2D eigenvalue weighted by Gasteiger charge is 2.24. The van der Waals surface area contributed by atoms with Crippen LogP contribution in [0.5, 0.6) is 5.75 Å². The third-order valence-corrected chi connectivity index (χ3v) is 6.59. The molecule has 0 spiro atoms. The third kappa shape index (κ3) is 6.81. The van der Waals surface area contributed by atoms with Gasteiger partial charge in [0.2, 0.25) is 0 Å². The van der Waals surface area contributed by atoms with Gasteiger partial charge in [-0.05, 0) is 38.8 Å². The van der Waals surface area contributed by atoms with Gasteiger partial charge in [0.15, 0.2) is 11.8 Å². The van der Waals surface area contributed by atoms with Gasteiger partial charge >= 0.3 is 0 Å². The first-order chi connectivity index (χ1) is 15.6. The Hall–Kier alpha value is -1.88. The number of para-hydroxylation sites is 1. The average Bonchev–Trinajstić information content (AvgIpc) is 3.14. The van der Waals surface area contributed by atoms with Crippen molar-refractivity contribution in [3.8, 4) is 5.75 Å². The number of guanidine groups is 1. The number of fused-ring (bicyclic) bond motifs is 1. The molecular formula is C24H38IN7O. The molecule has 0 amide bonds. The number of halogens is 1. The van der Waals surface area contributed by atoms with Crippen molar-refractivity contribution in [3.63, 3.8) is 0 Å². The summed E-state index contributed by atoms with van der Waals surface area (Å²) in [6.07, 6.45) is 5.73. The number of piperidine rings is 1. The molecule has 2 aromatic rings. The number of unbranched alkanes of at least 4 members (excludes halogenated alkanes) is 1. The maximum absolute atomic E-state index is 5.85. The van der Waals surface area contributed by atoms with Crippen molar-refractivity contribution in [1.29, 1.82) is 0 Å². The van der Waals surface area contributed by atoms with Crippen molar-refractivity contribution in [2.45, 2.75) is 64.6 Å². The molecule has 2 aliphatic heterocycles. The van der Waals surface area contributed by atoms with E-state index in [2.05, 4.69) is 44.8 Å². The van der Waals surface area contributed by atoms with Crippen LogP contribution in [-0.4, -0.2) is 57.9 Å². The van der Waals surface area contributed by atoms with Gasteiger partial charge in [-0.2, -0.15) is 0 Å². The highest BCUT2D eigenvalue weighted by molar-refractivity contribution is 14.0. The van der Waals surface area contributed by atoms with E-state index < -0.39 is 0 Å². The molecule has 1 saturated heterocycles. The van der Waals surface area contributed by atoms with Crippen LogP contribution in [0.3, 0.4) is 0 Å². The Bertz CT molecular complexity index is 908. The minimum absolute atomic E-state index is 0. The van der Waals surface area contributed by atoms with Crippen molar-refractivity contribution >= 4 is 29.9 Å². The van der Waals surface area contributed by atoms with E-state index in [1.165, 1.54) is 24.9 Å². The monoisotopic (exact) mass is 567 g/mol. The molecule has 3 heterocycles. The number of nitrogens with one attached hydrogen (secondary N) is 2. The summed E-state index contributed by atoms with van der Waals surface area (Å²) in [7, 11) is 1.99. The highest BCUT2D eigenvalue weighted by Crippen LogP contribution is 2.31. The van der Waals surface area contributed by atoms with Crippen molar-refractivity contribution in [1.82, 2.24) is 30.3 Å². The molecule has 4 rings (SSSR count). The fourth-order valence-corrected chi connectivity index (χ4v) is 4.40. The summed E-state index contributed by atoms with van der Waals surface area (Å²) in [5.41, 5.74) is 1.19. The van der Waals surface area contributed by atoms with Gasteiger partial charge in [-0.1, -0.05) is 31.5 Å². The molecule has 2 aliphatic rings. The number of hydrogen-bond donors (Lipinski definition) is 2. The van der Waals surface area contributed by atoms with Crippen LogP contribution >= 0.6 is 24.0 Å². The molecule has 1 unspecified atom stereocenters. The molecule has 1 atom stereocenters. The van der Waals surface area contributed by atoms with E-state index in [-0.39, 0.29) is 30.0 Å². The number of aromatic nitrogens is 3. The fraction of sp³-hybridized carbons (Fsp3) is 0.625. The van der Waals surface area contributed by atoms with Crippen molar-refractivity contribution in [2.75, 3.05) is 26.2 Å². The van der Waals surface area contributed by atoms with E-state index in [0.717, 1.165) is 55.7 Å². The lowest BCUT2D eigenvalue weighted by Gasteiger charge is -2.34. The summed E-state index contributed by atoms with van der Waals surface area (Å²) >= 11 is 0. The smallest absolute Gasteiger partial charge is 0.192 e. The van der Waals surface area contributed by atoms with E-state index in [1.807, 2.05) is 30.7 Å². The summed E-state index contributed by atoms with van der Waals surface area (Å²) in [6.45, 7) is 8.93. The number of benzene rings is 1. The van der Waals surface area contributed by atoms with Crippen LogP contribution in [0, 0.1) is 6.92 Å². The first-order valence-corrected chi connectivity index (χ1v) is 12.0. The Labute approximate surface area is 214 Å². The third-order valence-electron chi connectivity index (χ3n) is 6.59. The second-order valence-electron chi connectivity index (χ2n) is 8.87. The molecule has 0 radical (unpaired) electrons. The maximum Gasteiger partial charge on any atom is 0.192 e. The molecule has 0 saturated carbocycles. The number of aliphatic imine (C=N–C) groups is 1. The lowest BCUT2D eigenvalue weighted by molar-refractivity contribution is 0.203. The number of ether oxygens (including phenoxy) is 1. The molecule has 1 aromatic heterocycles. The lowest BCUT2D eigenvalue weighted by atomic mass is 10.0. The van der Waals surface area contributed by atoms with Crippen LogP contribution in [0.4, 0.5) is 0 Å². The van der Waals surface area contributed by atoms with Gasteiger partial charge in [0.25, 0.3) is 0 Å². The number of aryl methyl sites for hydroxylation is 1. The summed E-state index contributed by atoms with van der Waals surface area (Å²) in [5, 5.41) is 15.9. The fourth-order valence-electron chi connectivity index (χ4n) is 4.40. The van der Waals surface area contributed by atoms with Gasteiger partial charge < -0.3 is 24.8 Å². The minimum atomic E-state index is 0. The Morgan fingerprint density at radius 3 is 2.67 bits per heavy atom. The zero-order valence-corrected chi connectivity index (χ0v) is 22.4. The van der Waals surface area contributed by atoms with E-state index >= 15 is 0 Å². The summed E-state index contributed by atoms with van der Waals surface area (Å²) in [5.74, 6) is 3.57. The number of rotatable bonds is 7. The quantitative estimate of drug-likeness (QED) is 0.303. The van der Waals surface area contributed by atoms with E-state index in [0.29, 0.717) is 19.2 Å². The minimum Gasteiger partial charge on any atom is -0.493 e. The zero-order chi connectivity index (χ0) is 22.3. The topological polar surface area (TPSA) is 79.6 Å². The van der Waals surface area contributed by atoms with Gasteiger partial charge in [0.05, 0.1) is 12.6 Å². The van der Waals surface area contributed by atoms with Crippen molar-refractivity contribution < 1.29 is 4.74 Å². The number of hydrogen-bond acceptors (Lipinski definition) is 5. The second-order valence-corrected chi connectivity index (χ2v) is 8.87. The molecule has 1 aromatic carbocycles. The van der Waals surface area contributed by atoms with Crippen molar-refractivity contribution in [3.05, 3.63) is 41.5 Å². The molecule has 2 N–H and O–H groups in total. The first-order valence-electron chi connectivity index (χ1n) is 12.0. The van der Waals surface area contributed by atoms with Crippen LogP contribution in [0.25, 0.3) is 0 Å². The number of likely N-dealkylation sites (tertiary alicyclic amines) is 1. The van der Waals surface area contributed by atoms with E-state index in [4.69, 9.17) is 9.73 Å². The van der Waals surface area contributed by atoms with Crippen LogP contribution < -0.4 is 15.4 Å². The molecule has 8 nitrogen and oxygen atoms in total. The normalized spacial score (nSPS) is 19.4. The van der Waals surface area contributed by atoms with E-state index in [1.54, 1.807) is 0 Å². The van der Waals surface area contributed by atoms with Crippen molar-refractivity contribution in [2.24, 2.45) is 12.0 Å². The molecule has 0 aliphatic carbocycles. The largest absolute Gasteiger partial charge is 0.493 e. The van der Waals surface area contributed by atoms with Crippen LogP contribution in [0.1, 0.15) is 62.3 Å². The zero-order valence-electron chi connectivity index (χ0n) is 20.1. The second kappa shape index (κ2) is 12.5. The maximum atomic E-state index is 5.85. The Morgan fingerprint density at radius 2 is 1.94 bits per heavy atom. The van der Waals surface area contributed by atoms with Crippen LogP contribution in [0.2, 0.25) is 0 Å². The molecule has 9 heteroatoms. The van der Waals surface area contributed by atoms with E-state index in [9.17, 15) is 0 Å². The predicted molar refractivity (Wildman–Crippen MR) is 142 cm³/mol. The summed E-state index contributed by atoms with van der Waals surface area (Å²) in [6, 6.07) is 8.88. The molecule has 0 bridgehead atoms. The first kappa shape index (κ1) is 25.7. The lowest BCUT2D eigenvalue weighted by Crippen LogP contribution is -2.50. The highest BCUT2D eigenvalue weighted by atomic mass is 127. The van der Waals surface area contributed by atoms with Gasteiger partial charge in [0, 0.05) is 38.2 Å². The Kier molecular flexibility index (Phi) is 9.78. The van der Waals surface area contributed by atoms with Gasteiger partial charge in [-0.15, -0.1) is 34.2 Å². The summed E-state index contributed by atoms with van der Waals surface area (Å²) in [4.78, 5) is 7.50. The average molecular weight is 568 g/mol. The van der Waals surface area contributed by atoms with Crippen LogP contribution in [-0.2, 0) is 13.6 Å². The van der Waals surface area contributed by atoms with Gasteiger partial charge in [-0.3, -0.25) is 0 Å². The van der Waals surface area contributed by atoms with Crippen LogP contribution in [0.15, 0.2) is 29.3 Å². The molecular weight excluding hydrogens is 529 g/mol. The van der Waals surface area contributed by atoms with Gasteiger partial charge in [-0.25, -0.2) is 4.99 Å². The standard InChI is InChI=1S/C24H37N7O.HI/c1-4-5-13-31-14-10-19(11-15-31)26-24(25-17-23-29-28-18(2)30(23)3)27-21-12-16-32-22-9-7-6-8-20(21)22;/h6-9,19,21H,4-5,10-17H2,1-3H3,(H2,25,26,27);1H. The Morgan fingerprint density at radius 1 is 1.15 bits per heavy atom. The molecule has 182 valence electrons. The van der Waals surface area contributed by atoms with Gasteiger partial charge in [0.1, 0.15) is 18.1 Å². The summed E-state index contributed by atoms with van der Waals surface area (Å²) < 4.78 is 7.85. The molecule has 1 fully saturated rings. The predicted octanol–water partition coefficient (Wildman–Crippen LogP) is 3.57. The SMILES string of the molecule is CCCCN1CCC(NC(=NCc2nnc(C)n2C)NC2CCOc3ccccc32)CC1.I. The molecule has 33 heavy (non-hydrogen) atoms.